The van der Waals surface area contributed by atoms with Gasteiger partial charge in [-0.05, 0) is 5.56 Å². The molecule has 0 fully saturated rings. The number of rotatable bonds is 4. The van der Waals surface area contributed by atoms with Crippen LogP contribution in [0, 0.1) is 0 Å². The molecule has 0 N–H and O–H groups in total. The van der Waals surface area contributed by atoms with E-state index >= 15 is 0 Å². The van der Waals surface area contributed by atoms with Crippen LogP contribution < -0.4 is 9.47 Å². The Hall–Kier alpha value is -2.75. The zero-order chi connectivity index (χ0) is 15.7. The Morgan fingerprint density at radius 2 is 1.77 bits per heavy atom. The maximum atomic E-state index is 12.0. The van der Waals surface area contributed by atoms with Crippen molar-refractivity contribution in [2.75, 3.05) is 14.2 Å². The highest BCUT2D eigenvalue weighted by Crippen LogP contribution is 2.42. The van der Waals surface area contributed by atoms with Gasteiger partial charge in [0.25, 0.3) is 0 Å². The predicted octanol–water partition coefficient (Wildman–Crippen LogP) is 4.32. The van der Waals surface area contributed by atoms with E-state index in [1.807, 2.05) is 30.3 Å². The van der Waals surface area contributed by atoms with Crippen molar-refractivity contribution in [3.63, 3.8) is 0 Å². The van der Waals surface area contributed by atoms with Crippen LogP contribution in [-0.2, 0) is 0 Å². The average Bonchev–Trinajstić information content (AvgIpc) is 2.94. The number of carbonyl (C=O) groups is 1. The lowest BCUT2D eigenvalue weighted by molar-refractivity contribution is 0.0990. The van der Waals surface area contributed by atoms with Gasteiger partial charge < -0.3 is 13.9 Å². The lowest BCUT2D eigenvalue weighted by Gasteiger charge is -2.07. The van der Waals surface area contributed by atoms with Crippen LogP contribution in [0.1, 0.15) is 17.5 Å². The van der Waals surface area contributed by atoms with Crippen molar-refractivity contribution in [1.29, 1.82) is 0 Å². The summed E-state index contributed by atoms with van der Waals surface area (Å²) in [6.07, 6.45) is 0. The van der Waals surface area contributed by atoms with E-state index in [0.717, 1.165) is 16.5 Å². The fourth-order valence-corrected chi connectivity index (χ4v) is 2.57. The highest BCUT2D eigenvalue weighted by Gasteiger charge is 2.23. The Kier molecular flexibility index (Phi) is 3.59. The molecular weight excluding hydrogens is 280 g/mol. The molecule has 3 rings (SSSR count). The summed E-state index contributed by atoms with van der Waals surface area (Å²) >= 11 is 0. The second-order valence-corrected chi connectivity index (χ2v) is 4.93. The van der Waals surface area contributed by atoms with Gasteiger partial charge in [0.05, 0.1) is 19.6 Å². The first-order chi connectivity index (χ1) is 10.7. The Bertz CT molecular complexity index is 831. The van der Waals surface area contributed by atoms with Crippen molar-refractivity contribution in [2.45, 2.75) is 6.92 Å². The number of benzene rings is 2. The molecule has 0 saturated carbocycles. The molecule has 1 heterocycles. The number of hydrogen-bond donors (Lipinski definition) is 0. The highest BCUT2D eigenvalue weighted by atomic mass is 16.5. The van der Waals surface area contributed by atoms with Crippen molar-refractivity contribution in [1.82, 2.24) is 0 Å². The monoisotopic (exact) mass is 296 g/mol. The number of fused-ring (bicyclic) bond motifs is 1. The third kappa shape index (κ3) is 2.22. The predicted molar refractivity (Wildman–Crippen MR) is 84.8 cm³/mol. The maximum Gasteiger partial charge on any atom is 0.195 e. The van der Waals surface area contributed by atoms with Crippen LogP contribution in [-0.4, -0.2) is 20.0 Å². The summed E-state index contributed by atoms with van der Waals surface area (Å²) in [6, 6.07) is 13.2. The standard InChI is InChI=1S/C18H16O4/c1-11(19)18-16(12-7-5-4-6-8-12)17-14(21-3)9-13(20-2)10-15(17)22-18/h4-10H,1-3H3. The Labute approximate surface area is 128 Å². The number of methoxy groups -OCH3 is 2. The number of carbonyl (C=O) groups excluding carboxylic acids is 1. The first kappa shape index (κ1) is 14.2. The summed E-state index contributed by atoms with van der Waals surface area (Å²) < 4.78 is 16.5. The van der Waals surface area contributed by atoms with Gasteiger partial charge in [-0.25, -0.2) is 0 Å². The minimum atomic E-state index is -0.129. The molecule has 0 aliphatic heterocycles. The van der Waals surface area contributed by atoms with E-state index in [2.05, 4.69) is 0 Å². The molecule has 0 unspecified atom stereocenters. The molecule has 0 bridgehead atoms. The molecule has 0 atom stereocenters. The van der Waals surface area contributed by atoms with Gasteiger partial charge in [-0.2, -0.15) is 0 Å². The summed E-state index contributed by atoms with van der Waals surface area (Å²) in [5, 5.41) is 0.778. The van der Waals surface area contributed by atoms with E-state index in [1.54, 1.807) is 26.4 Å². The molecule has 0 amide bonds. The summed E-state index contributed by atoms with van der Waals surface area (Å²) in [5.41, 5.74) is 2.23. The van der Waals surface area contributed by atoms with Gasteiger partial charge in [-0.15, -0.1) is 0 Å². The number of Topliss-reactive ketones (excluding diaryl/α,β-unsaturated/α-hetero) is 1. The van der Waals surface area contributed by atoms with Gasteiger partial charge >= 0.3 is 0 Å². The number of ketones is 1. The number of hydrogen-bond acceptors (Lipinski definition) is 4. The van der Waals surface area contributed by atoms with Crippen molar-refractivity contribution in [3.8, 4) is 22.6 Å². The molecule has 0 saturated heterocycles. The summed E-state index contributed by atoms with van der Waals surface area (Å²) in [6.45, 7) is 1.49. The fourth-order valence-electron chi connectivity index (χ4n) is 2.57. The molecule has 0 aliphatic rings. The number of ether oxygens (including phenoxy) is 2. The lowest BCUT2D eigenvalue weighted by atomic mass is 10.00. The van der Waals surface area contributed by atoms with E-state index in [0.29, 0.717) is 22.8 Å². The quantitative estimate of drug-likeness (QED) is 0.673. The van der Waals surface area contributed by atoms with Crippen LogP contribution in [0.4, 0.5) is 0 Å². The van der Waals surface area contributed by atoms with Gasteiger partial charge in [-0.1, -0.05) is 30.3 Å². The van der Waals surface area contributed by atoms with E-state index in [1.165, 1.54) is 6.92 Å². The second-order valence-electron chi connectivity index (χ2n) is 4.93. The van der Waals surface area contributed by atoms with E-state index in [4.69, 9.17) is 13.9 Å². The van der Waals surface area contributed by atoms with Gasteiger partial charge in [0.2, 0.25) is 0 Å². The van der Waals surface area contributed by atoms with Crippen molar-refractivity contribution < 1.29 is 18.7 Å². The summed E-state index contributed by atoms with van der Waals surface area (Å²) in [4.78, 5) is 12.0. The van der Waals surface area contributed by atoms with Crippen molar-refractivity contribution >= 4 is 16.8 Å². The topological polar surface area (TPSA) is 48.7 Å². The molecule has 112 valence electrons. The van der Waals surface area contributed by atoms with E-state index in [9.17, 15) is 4.79 Å². The SMILES string of the molecule is COc1cc(OC)c2c(-c3ccccc3)c(C(C)=O)oc2c1. The second kappa shape index (κ2) is 5.56. The van der Waals surface area contributed by atoms with Crippen molar-refractivity contribution in [2.24, 2.45) is 0 Å². The van der Waals surface area contributed by atoms with Crippen LogP contribution >= 0.6 is 0 Å². The molecule has 0 spiro atoms. The molecule has 0 aliphatic carbocycles. The van der Waals surface area contributed by atoms with Crippen molar-refractivity contribution in [3.05, 3.63) is 48.2 Å². The molecule has 0 radical (unpaired) electrons. The largest absolute Gasteiger partial charge is 0.496 e. The van der Waals surface area contributed by atoms with Gasteiger partial charge in [0.15, 0.2) is 11.5 Å². The third-order valence-electron chi connectivity index (χ3n) is 3.57. The van der Waals surface area contributed by atoms with Crippen LogP contribution in [0.25, 0.3) is 22.1 Å². The van der Waals surface area contributed by atoms with Crippen LogP contribution in [0.3, 0.4) is 0 Å². The lowest BCUT2D eigenvalue weighted by Crippen LogP contribution is -1.93. The van der Waals surface area contributed by atoms with Crippen LogP contribution in [0.5, 0.6) is 11.5 Å². The molecule has 3 aromatic rings. The average molecular weight is 296 g/mol. The van der Waals surface area contributed by atoms with Gasteiger partial charge in [-0.3, -0.25) is 4.79 Å². The van der Waals surface area contributed by atoms with E-state index < -0.39 is 0 Å². The van der Waals surface area contributed by atoms with Crippen LogP contribution in [0.2, 0.25) is 0 Å². The summed E-state index contributed by atoms with van der Waals surface area (Å²) in [5.74, 6) is 1.43. The van der Waals surface area contributed by atoms with Crippen LogP contribution in [0.15, 0.2) is 46.9 Å². The first-order valence-corrected chi connectivity index (χ1v) is 6.90. The smallest absolute Gasteiger partial charge is 0.195 e. The fraction of sp³-hybridized carbons (Fsp3) is 0.167. The normalized spacial score (nSPS) is 10.7. The summed E-state index contributed by atoms with van der Waals surface area (Å²) in [7, 11) is 3.16. The molecule has 1 aromatic heterocycles. The highest BCUT2D eigenvalue weighted by molar-refractivity contribution is 6.10. The zero-order valence-corrected chi connectivity index (χ0v) is 12.7. The van der Waals surface area contributed by atoms with E-state index in [-0.39, 0.29) is 5.78 Å². The number of furan rings is 1. The molecule has 2 aromatic carbocycles. The molecule has 22 heavy (non-hydrogen) atoms. The minimum absolute atomic E-state index is 0.129. The molecule has 4 heteroatoms. The Morgan fingerprint density at radius 1 is 1.05 bits per heavy atom. The van der Waals surface area contributed by atoms with Gasteiger partial charge in [0, 0.05) is 24.6 Å². The third-order valence-corrected chi connectivity index (χ3v) is 3.57. The first-order valence-electron chi connectivity index (χ1n) is 6.90. The molecule has 4 nitrogen and oxygen atoms in total. The Balaban J connectivity index is 2.42. The van der Waals surface area contributed by atoms with Gasteiger partial charge in [0.1, 0.15) is 17.1 Å². The Morgan fingerprint density at radius 3 is 2.36 bits per heavy atom. The zero-order valence-electron chi connectivity index (χ0n) is 12.7. The maximum absolute atomic E-state index is 12.0. The minimum Gasteiger partial charge on any atom is -0.496 e. The molecular formula is C18H16O4.